The fraction of sp³-hybridized carbons (Fsp3) is 0.800. The molecule has 0 bridgehead atoms. The zero-order valence-corrected chi connectivity index (χ0v) is 11.5. The smallest absolute Gasteiger partial charge is 0.336 e. The molecule has 1 N–H and O–H groups in total. The van der Waals surface area contributed by atoms with E-state index in [1.54, 1.807) is 0 Å². The quantitative estimate of drug-likeness (QED) is 0.672. The van der Waals surface area contributed by atoms with Crippen LogP contribution in [0.5, 0.6) is 0 Å². The molecule has 0 spiro atoms. The third-order valence-corrected chi connectivity index (χ3v) is 5.81. The minimum absolute atomic E-state index is 0.140. The lowest BCUT2D eigenvalue weighted by Crippen LogP contribution is -2.59. The van der Waals surface area contributed by atoms with E-state index >= 15 is 0 Å². The first-order valence-electron chi connectivity index (χ1n) is 6.91. The molecule has 1 aliphatic heterocycles. The summed E-state index contributed by atoms with van der Waals surface area (Å²) in [5, 5.41) is 11.1. The van der Waals surface area contributed by atoms with E-state index in [9.17, 15) is 9.90 Å². The van der Waals surface area contributed by atoms with Gasteiger partial charge in [0.1, 0.15) is 12.2 Å². The zero-order valence-electron chi connectivity index (χ0n) is 11.5. The largest absolute Gasteiger partial charge is 0.459 e. The van der Waals surface area contributed by atoms with Crippen molar-refractivity contribution in [3.63, 3.8) is 0 Å². The second kappa shape index (κ2) is 3.38. The van der Waals surface area contributed by atoms with Crippen LogP contribution in [0.25, 0.3) is 0 Å². The minimum atomic E-state index is -1.06. The molecule has 3 nitrogen and oxygen atoms in total. The van der Waals surface area contributed by atoms with Gasteiger partial charge in [-0.2, -0.15) is 0 Å². The maximum atomic E-state index is 11.7. The molecule has 2 aliphatic carbocycles. The van der Waals surface area contributed by atoms with Gasteiger partial charge < -0.3 is 9.84 Å². The molecule has 18 heavy (non-hydrogen) atoms. The van der Waals surface area contributed by atoms with Gasteiger partial charge in [-0.1, -0.05) is 33.3 Å². The Morgan fingerprint density at radius 3 is 2.78 bits per heavy atom. The summed E-state index contributed by atoms with van der Waals surface area (Å²) in [6, 6.07) is 0. The summed E-state index contributed by atoms with van der Waals surface area (Å²) in [6.45, 7) is 6.86. The van der Waals surface area contributed by atoms with Crippen LogP contribution in [0.1, 0.15) is 46.5 Å². The van der Waals surface area contributed by atoms with Crippen LogP contribution in [0.4, 0.5) is 0 Å². The predicted molar refractivity (Wildman–Crippen MR) is 67.8 cm³/mol. The second-order valence-electron chi connectivity index (χ2n) is 7.10. The van der Waals surface area contributed by atoms with Crippen LogP contribution < -0.4 is 0 Å². The highest BCUT2D eigenvalue weighted by molar-refractivity contribution is 5.93. The molecule has 100 valence electrons. The SMILES string of the molecule is CC1(C)CCC[C@@]2(C)[C@H]1CC=C1C(=O)OC[C@@]12O. The van der Waals surface area contributed by atoms with Crippen molar-refractivity contribution in [2.24, 2.45) is 16.7 Å². The van der Waals surface area contributed by atoms with E-state index in [1.165, 1.54) is 6.42 Å². The Labute approximate surface area is 108 Å². The van der Waals surface area contributed by atoms with Crippen molar-refractivity contribution >= 4 is 5.97 Å². The molecule has 1 saturated heterocycles. The van der Waals surface area contributed by atoms with Gasteiger partial charge in [0.2, 0.25) is 0 Å². The third-order valence-electron chi connectivity index (χ3n) is 5.81. The standard InChI is InChI=1S/C15H22O3/c1-13(2)7-4-8-14(3)11(13)6-5-10-12(16)18-9-15(10,14)17/h5,11,17H,4,6-9H2,1-3H3/t11-,14-,15+/m0/s1. The normalized spacial score (nSPS) is 45.9. The fourth-order valence-corrected chi connectivity index (χ4v) is 4.65. The van der Waals surface area contributed by atoms with Crippen LogP contribution in [-0.2, 0) is 9.53 Å². The van der Waals surface area contributed by atoms with E-state index in [2.05, 4.69) is 20.8 Å². The lowest BCUT2D eigenvalue weighted by Gasteiger charge is -2.58. The summed E-state index contributed by atoms with van der Waals surface area (Å²) >= 11 is 0. The number of ether oxygens (including phenoxy) is 1. The van der Waals surface area contributed by atoms with Crippen molar-refractivity contribution in [1.82, 2.24) is 0 Å². The molecule has 3 atom stereocenters. The number of allylic oxidation sites excluding steroid dienone is 1. The van der Waals surface area contributed by atoms with E-state index < -0.39 is 5.60 Å². The molecule has 3 aliphatic rings. The number of carbonyl (C=O) groups is 1. The van der Waals surface area contributed by atoms with Crippen LogP contribution in [0.2, 0.25) is 0 Å². The van der Waals surface area contributed by atoms with Gasteiger partial charge in [0.25, 0.3) is 0 Å². The Morgan fingerprint density at radius 2 is 2.06 bits per heavy atom. The molecule has 1 heterocycles. The zero-order chi connectivity index (χ0) is 13.2. The highest BCUT2D eigenvalue weighted by atomic mass is 16.6. The Kier molecular flexibility index (Phi) is 2.30. The van der Waals surface area contributed by atoms with Gasteiger partial charge in [-0.3, -0.25) is 0 Å². The summed E-state index contributed by atoms with van der Waals surface area (Å²) in [7, 11) is 0. The molecular formula is C15H22O3. The molecule has 0 unspecified atom stereocenters. The average Bonchev–Trinajstić information content (AvgIpc) is 2.57. The number of cyclic esters (lactones) is 1. The van der Waals surface area contributed by atoms with E-state index in [4.69, 9.17) is 4.74 Å². The van der Waals surface area contributed by atoms with Gasteiger partial charge in [-0.05, 0) is 30.6 Å². The number of carbonyl (C=O) groups excluding carboxylic acids is 1. The van der Waals surface area contributed by atoms with Crippen LogP contribution >= 0.6 is 0 Å². The van der Waals surface area contributed by atoms with Crippen LogP contribution in [0.3, 0.4) is 0 Å². The van der Waals surface area contributed by atoms with Crippen molar-refractivity contribution in [3.8, 4) is 0 Å². The van der Waals surface area contributed by atoms with Gasteiger partial charge in [0.15, 0.2) is 0 Å². The molecule has 3 heteroatoms. The van der Waals surface area contributed by atoms with E-state index in [0.717, 1.165) is 19.3 Å². The molecule has 3 rings (SSSR count). The Hall–Kier alpha value is -0.830. The molecule has 0 aromatic carbocycles. The Balaban J connectivity index is 2.12. The molecule has 0 aromatic heterocycles. The number of hydrogen-bond acceptors (Lipinski definition) is 3. The Morgan fingerprint density at radius 1 is 1.33 bits per heavy atom. The van der Waals surface area contributed by atoms with E-state index in [0.29, 0.717) is 11.5 Å². The number of aliphatic hydroxyl groups is 1. The van der Waals surface area contributed by atoms with Crippen LogP contribution in [0, 0.1) is 16.7 Å². The van der Waals surface area contributed by atoms with Crippen LogP contribution in [-0.4, -0.2) is 23.3 Å². The highest BCUT2D eigenvalue weighted by Gasteiger charge is 2.64. The minimum Gasteiger partial charge on any atom is -0.459 e. The first kappa shape index (κ1) is 12.2. The van der Waals surface area contributed by atoms with Crippen molar-refractivity contribution in [2.75, 3.05) is 6.61 Å². The van der Waals surface area contributed by atoms with Crippen molar-refractivity contribution in [3.05, 3.63) is 11.6 Å². The van der Waals surface area contributed by atoms with E-state index in [-0.39, 0.29) is 23.4 Å². The van der Waals surface area contributed by atoms with Gasteiger partial charge in [-0.15, -0.1) is 0 Å². The first-order valence-corrected chi connectivity index (χ1v) is 6.91. The maximum absolute atomic E-state index is 11.7. The highest BCUT2D eigenvalue weighted by Crippen LogP contribution is 2.62. The summed E-state index contributed by atoms with van der Waals surface area (Å²) in [6.07, 6.45) is 6.10. The van der Waals surface area contributed by atoms with Crippen LogP contribution in [0.15, 0.2) is 11.6 Å². The summed E-state index contributed by atoms with van der Waals surface area (Å²) in [5.41, 5.74) is -0.564. The molecular weight excluding hydrogens is 228 g/mol. The molecule has 0 aromatic rings. The number of hydrogen-bond donors (Lipinski definition) is 1. The molecule has 0 amide bonds. The van der Waals surface area contributed by atoms with Gasteiger partial charge in [-0.25, -0.2) is 4.79 Å². The maximum Gasteiger partial charge on any atom is 0.336 e. The second-order valence-corrected chi connectivity index (χ2v) is 7.10. The Bertz CT molecular complexity index is 437. The topological polar surface area (TPSA) is 46.5 Å². The van der Waals surface area contributed by atoms with Crippen molar-refractivity contribution in [1.29, 1.82) is 0 Å². The fourth-order valence-electron chi connectivity index (χ4n) is 4.65. The average molecular weight is 250 g/mol. The number of rotatable bonds is 0. The number of fused-ring (bicyclic) bond motifs is 3. The lowest BCUT2D eigenvalue weighted by molar-refractivity contribution is -0.147. The van der Waals surface area contributed by atoms with Crippen molar-refractivity contribution < 1.29 is 14.6 Å². The monoisotopic (exact) mass is 250 g/mol. The van der Waals surface area contributed by atoms with E-state index in [1.807, 2.05) is 6.08 Å². The summed E-state index contributed by atoms with van der Waals surface area (Å²) in [4.78, 5) is 11.7. The van der Waals surface area contributed by atoms with Gasteiger partial charge in [0, 0.05) is 5.41 Å². The lowest BCUT2D eigenvalue weighted by atomic mass is 9.47. The van der Waals surface area contributed by atoms with Crippen molar-refractivity contribution in [2.45, 2.75) is 52.1 Å². The third kappa shape index (κ3) is 1.26. The predicted octanol–water partition coefficient (Wildman–Crippen LogP) is 2.44. The molecule has 2 fully saturated rings. The first-order chi connectivity index (χ1) is 8.31. The summed E-state index contributed by atoms with van der Waals surface area (Å²) in [5.74, 6) is 0.0996. The van der Waals surface area contributed by atoms with Gasteiger partial charge >= 0.3 is 5.97 Å². The summed E-state index contributed by atoms with van der Waals surface area (Å²) < 4.78 is 5.13. The number of esters is 1. The molecule has 1 saturated carbocycles. The van der Waals surface area contributed by atoms with Gasteiger partial charge in [0.05, 0.1) is 5.57 Å². The molecule has 0 radical (unpaired) electrons.